The van der Waals surface area contributed by atoms with Gasteiger partial charge in [0.05, 0.1) is 11.6 Å². The van der Waals surface area contributed by atoms with Gasteiger partial charge in [-0.2, -0.15) is 5.26 Å². The Balaban J connectivity index is 1.85. The molecule has 0 amide bonds. The number of nitriles is 1. The molecular weight excluding hydrogens is 341 g/mol. The molecule has 132 valence electrons. The van der Waals surface area contributed by atoms with Crippen molar-refractivity contribution in [3.63, 3.8) is 0 Å². The fourth-order valence-corrected chi connectivity index (χ4v) is 3.34. The van der Waals surface area contributed by atoms with Gasteiger partial charge in [-0.3, -0.25) is 0 Å². The summed E-state index contributed by atoms with van der Waals surface area (Å²) in [7, 11) is 0. The van der Waals surface area contributed by atoms with Gasteiger partial charge in [0.15, 0.2) is 5.54 Å². The van der Waals surface area contributed by atoms with Crippen LogP contribution in [0.25, 0.3) is 11.1 Å². The van der Waals surface area contributed by atoms with Crippen LogP contribution < -0.4 is 5.73 Å². The Morgan fingerprint density at radius 1 is 0.963 bits per heavy atom. The smallest absolute Gasteiger partial charge is 0.283 e. The Bertz CT molecular complexity index is 1070. The van der Waals surface area contributed by atoms with Gasteiger partial charge in [0.25, 0.3) is 6.02 Å². The van der Waals surface area contributed by atoms with Crippen LogP contribution in [0.15, 0.2) is 77.8 Å². The second-order valence-corrected chi connectivity index (χ2v) is 6.38. The maximum atomic E-state index is 13.4. The maximum Gasteiger partial charge on any atom is 0.283 e. The van der Waals surface area contributed by atoms with Crippen molar-refractivity contribution in [2.24, 2.45) is 10.7 Å². The van der Waals surface area contributed by atoms with Crippen LogP contribution in [0.5, 0.6) is 0 Å². The van der Waals surface area contributed by atoms with Crippen molar-refractivity contribution in [1.82, 2.24) is 0 Å². The second kappa shape index (κ2) is 6.58. The summed E-state index contributed by atoms with van der Waals surface area (Å²) in [5, 5.41) is 9.15. The molecule has 1 aliphatic rings. The lowest BCUT2D eigenvalue weighted by Crippen LogP contribution is -2.27. The molecule has 3 aromatic carbocycles. The zero-order chi connectivity index (χ0) is 18.9. The number of hydrogen-bond acceptors (Lipinski definition) is 4. The molecule has 4 rings (SSSR count). The topological polar surface area (TPSA) is 71.4 Å². The van der Waals surface area contributed by atoms with Crippen molar-refractivity contribution in [1.29, 1.82) is 5.26 Å². The first kappa shape index (κ1) is 16.8. The molecule has 27 heavy (non-hydrogen) atoms. The predicted molar refractivity (Wildman–Crippen MR) is 101 cm³/mol. The number of nitrogens with zero attached hydrogens (tertiary/aromatic N) is 2. The largest absolute Gasteiger partial charge is 0.462 e. The van der Waals surface area contributed by atoms with Gasteiger partial charge in [-0.25, -0.2) is 9.38 Å². The second-order valence-electron chi connectivity index (χ2n) is 6.38. The van der Waals surface area contributed by atoms with E-state index in [2.05, 4.69) is 11.1 Å². The molecule has 0 saturated heterocycles. The van der Waals surface area contributed by atoms with Crippen LogP contribution in [0.4, 0.5) is 4.39 Å². The fourth-order valence-electron chi connectivity index (χ4n) is 3.34. The highest BCUT2D eigenvalue weighted by Gasteiger charge is 2.40. The molecule has 0 saturated carbocycles. The molecule has 1 heterocycles. The number of benzene rings is 3. The molecule has 4 nitrogen and oxygen atoms in total. The number of aliphatic imine (C=N–C) groups is 1. The number of hydrogen-bond donors (Lipinski definition) is 1. The molecule has 0 aromatic heterocycles. The number of rotatable bonds is 3. The molecule has 0 bridgehead atoms. The minimum absolute atomic E-state index is 0.108. The number of halogens is 1. The molecule has 3 aromatic rings. The summed E-state index contributed by atoms with van der Waals surface area (Å²) in [6, 6.07) is 23.7. The number of ether oxygens (including phenoxy) is 1. The van der Waals surface area contributed by atoms with Crippen molar-refractivity contribution < 1.29 is 9.13 Å². The average Bonchev–Trinajstić information content (AvgIpc) is 3.11. The standard InChI is InChI=1S/C22H16FN3O/c23-20-9-7-18(8-10-20)22(14-27-21(25)26-22)19-6-2-5-17(12-19)16-4-1-3-15(11-16)13-24/h1-12H,14H2,(H2,25,26). The van der Waals surface area contributed by atoms with E-state index < -0.39 is 5.54 Å². The minimum atomic E-state index is -0.833. The summed E-state index contributed by atoms with van der Waals surface area (Å²) in [6.45, 7) is 0.242. The van der Waals surface area contributed by atoms with Gasteiger partial charge in [-0.1, -0.05) is 42.5 Å². The molecule has 0 radical (unpaired) electrons. The molecular formula is C22H16FN3O. The Morgan fingerprint density at radius 2 is 1.67 bits per heavy atom. The summed E-state index contributed by atoms with van der Waals surface area (Å²) in [5.74, 6) is -0.313. The van der Waals surface area contributed by atoms with E-state index in [0.29, 0.717) is 5.56 Å². The lowest BCUT2D eigenvalue weighted by Gasteiger charge is -2.26. The summed E-state index contributed by atoms with van der Waals surface area (Å²) in [4.78, 5) is 4.56. The monoisotopic (exact) mass is 357 g/mol. The van der Waals surface area contributed by atoms with Crippen LogP contribution >= 0.6 is 0 Å². The molecule has 1 aliphatic heterocycles. The molecule has 1 atom stereocenters. The molecule has 1 unspecified atom stereocenters. The Hall–Kier alpha value is -3.65. The van der Waals surface area contributed by atoms with Gasteiger partial charge in [0.1, 0.15) is 12.4 Å². The van der Waals surface area contributed by atoms with Gasteiger partial charge in [0, 0.05) is 0 Å². The third kappa shape index (κ3) is 3.02. The van der Waals surface area contributed by atoms with Gasteiger partial charge in [-0.15, -0.1) is 0 Å². The summed E-state index contributed by atoms with van der Waals surface area (Å²) in [5.41, 5.74) is 9.15. The predicted octanol–water partition coefficient (Wildman–Crippen LogP) is 3.95. The zero-order valence-electron chi connectivity index (χ0n) is 14.4. The van der Waals surface area contributed by atoms with E-state index in [9.17, 15) is 4.39 Å². The Kier molecular flexibility index (Phi) is 4.09. The van der Waals surface area contributed by atoms with E-state index >= 15 is 0 Å². The van der Waals surface area contributed by atoms with E-state index in [1.165, 1.54) is 12.1 Å². The molecule has 0 fully saturated rings. The molecule has 0 spiro atoms. The minimum Gasteiger partial charge on any atom is -0.462 e. The maximum absolute atomic E-state index is 13.4. The first-order chi connectivity index (χ1) is 13.1. The third-order valence-corrected chi connectivity index (χ3v) is 4.72. The zero-order valence-corrected chi connectivity index (χ0v) is 14.4. The van der Waals surface area contributed by atoms with Crippen molar-refractivity contribution in [2.45, 2.75) is 5.54 Å². The fraction of sp³-hybridized carbons (Fsp3) is 0.0909. The van der Waals surface area contributed by atoms with Crippen LogP contribution in [-0.4, -0.2) is 12.6 Å². The highest BCUT2D eigenvalue weighted by Crippen LogP contribution is 2.39. The van der Waals surface area contributed by atoms with Crippen LogP contribution in [-0.2, 0) is 10.3 Å². The van der Waals surface area contributed by atoms with Crippen molar-refractivity contribution >= 4 is 6.02 Å². The molecule has 2 N–H and O–H groups in total. The lowest BCUT2D eigenvalue weighted by molar-refractivity contribution is 0.278. The van der Waals surface area contributed by atoms with E-state index in [0.717, 1.165) is 22.3 Å². The highest BCUT2D eigenvalue weighted by molar-refractivity contribution is 5.76. The SMILES string of the molecule is N#Cc1cccc(-c2cccc(C3(c4ccc(F)cc4)COC(N)=N3)c2)c1. The van der Waals surface area contributed by atoms with Crippen LogP contribution in [0, 0.1) is 17.1 Å². The van der Waals surface area contributed by atoms with Crippen molar-refractivity contribution in [3.8, 4) is 17.2 Å². The quantitative estimate of drug-likeness (QED) is 0.771. The van der Waals surface area contributed by atoms with Gasteiger partial charge in [-0.05, 0) is 52.6 Å². The molecule has 5 heteroatoms. The van der Waals surface area contributed by atoms with Crippen LogP contribution in [0.2, 0.25) is 0 Å². The van der Waals surface area contributed by atoms with Crippen LogP contribution in [0.1, 0.15) is 16.7 Å². The normalized spacial score (nSPS) is 18.4. The van der Waals surface area contributed by atoms with Gasteiger partial charge in [0.2, 0.25) is 0 Å². The van der Waals surface area contributed by atoms with E-state index in [1.807, 2.05) is 42.5 Å². The van der Waals surface area contributed by atoms with E-state index in [-0.39, 0.29) is 18.4 Å². The summed E-state index contributed by atoms with van der Waals surface area (Å²) >= 11 is 0. The first-order valence-corrected chi connectivity index (χ1v) is 8.46. The van der Waals surface area contributed by atoms with E-state index in [1.54, 1.807) is 18.2 Å². The first-order valence-electron chi connectivity index (χ1n) is 8.46. The van der Waals surface area contributed by atoms with E-state index in [4.69, 9.17) is 15.7 Å². The lowest BCUT2D eigenvalue weighted by atomic mass is 9.83. The number of nitrogens with two attached hydrogens (primary N) is 1. The highest BCUT2D eigenvalue weighted by atomic mass is 19.1. The van der Waals surface area contributed by atoms with Crippen molar-refractivity contribution in [3.05, 3.63) is 95.3 Å². The van der Waals surface area contributed by atoms with Gasteiger partial charge < -0.3 is 10.5 Å². The average molecular weight is 357 g/mol. The third-order valence-electron chi connectivity index (χ3n) is 4.72. The number of amidine groups is 1. The van der Waals surface area contributed by atoms with Gasteiger partial charge >= 0.3 is 0 Å². The van der Waals surface area contributed by atoms with Crippen LogP contribution in [0.3, 0.4) is 0 Å². The summed E-state index contributed by atoms with van der Waals surface area (Å²) in [6.07, 6.45) is 0. The Morgan fingerprint density at radius 3 is 2.33 bits per heavy atom. The Labute approximate surface area is 156 Å². The van der Waals surface area contributed by atoms with Crippen molar-refractivity contribution in [2.75, 3.05) is 6.61 Å². The molecule has 0 aliphatic carbocycles. The summed E-state index contributed by atoms with van der Waals surface area (Å²) < 4.78 is 18.9.